The summed E-state index contributed by atoms with van der Waals surface area (Å²) in [5.74, 6) is -1.47. The fourth-order valence-corrected chi connectivity index (χ4v) is 4.10. The van der Waals surface area contributed by atoms with Crippen molar-refractivity contribution in [1.29, 1.82) is 0 Å². The number of hydrogen-bond donors (Lipinski definition) is 1. The number of carbonyl (C=O) groups is 1. The summed E-state index contributed by atoms with van der Waals surface area (Å²) >= 11 is 0.531. The fourth-order valence-electron chi connectivity index (χ4n) is 3.60. The van der Waals surface area contributed by atoms with Crippen LogP contribution in [0.2, 0.25) is 0 Å². The van der Waals surface area contributed by atoms with Gasteiger partial charge in [0.25, 0.3) is 0 Å². The number of aryl methyl sites for hydroxylation is 2. The van der Waals surface area contributed by atoms with E-state index < -0.39 is 12.6 Å². The summed E-state index contributed by atoms with van der Waals surface area (Å²) < 4.78 is 15.3. The molecule has 0 fully saturated rings. The third-order valence-electron chi connectivity index (χ3n) is 5.53. The van der Waals surface area contributed by atoms with Gasteiger partial charge in [-0.15, -0.1) is 15.3 Å². The van der Waals surface area contributed by atoms with E-state index in [0.29, 0.717) is 28.5 Å². The first kappa shape index (κ1) is 35.6. The molecule has 4 rings (SSSR count). The molecule has 42 heavy (non-hydrogen) atoms. The van der Waals surface area contributed by atoms with Crippen LogP contribution < -0.4 is 79.0 Å². The number of hydrogen-bond acceptors (Lipinski definition) is 13. The van der Waals surface area contributed by atoms with Gasteiger partial charge in [0, 0.05) is 17.5 Å². The largest absolute Gasteiger partial charge is 1.00 e. The van der Waals surface area contributed by atoms with Gasteiger partial charge in [-0.3, -0.25) is 5.04 Å². The molecule has 0 aliphatic rings. The number of carboxylic acids is 1. The molecule has 0 bridgehead atoms. The SMILES string of the molecule is COc1cc(N=Nc2c(SOO[O-])cc3ccc(C)cc3c2O)c(OCC(=O)[O-])cc1N=Nc1ccc(C)cc1.[Na+].[Na+]. The van der Waals surface area contributed by atoms with Gasteiger partial charge < -0.3 is 29.7 Å². The maximum Gasteiger partial charge on any atom is 1.00 e. The Hall–Kier alpha value is -2.56. The minimum Gasteiger partial charge on any atom is -0.691 e. The van der Waals surface area contributed by atoms with Crippen molar-refractivity contribution >= 4 is 51.5 Å². The van der Waals surface area contributed by atoms with Gasteiger partial charge in [0.15, 0.2) is 5.75 Å². The summed E-state index contributed by atoms with van der Waals surface area (Å²) in [6, 6.07) is 17.2. The Balaban J connectivity index is 0.00000308. The molecule has 0 aliphatic carbocycles. The molecule has 0 spiro atoms. The molecule has 0 aliphatic heterocycles. The van der Waals surface area contributed by atoms with E-state index >= 15 is 0 Å². The Morgan fingerprint density at radius 1 is 0.881 bits per heavy atom. The van der Waals surface area contributed by atoms with E-state index in [0.717, 1.165) is 11.1 Å². The standard InChI is InChI=1S/C27H24N4O8S.2Na/c1-15-5-8-18(9-6-15)28-29-20-13-23(37-14-25(32)33)21(12-22(20)36-3)30-31-26-24(40-39-38-35)11-17-7-4-16(2)10-19(17)27(26)34;;/h4-13,34-35H,14H2,1-3H3,(H,32,33);;/q;2*+1/p-2. The van der Waals surface area contributed by atoms with Crippen molar-refractivity contribution in [3.63, 3.8) is 0 Å². The fraction of sp³-hybridized carbons (Fsp3) is 0.148. The van der Waals surface area contributed by atoms with Gasteiger partial charge in [0.05, 0.1) is 35.7 Å². The van der Waals surface area contributed by atoms with E-state index in [9.17, 15) is 20.3 Å². The Labute approximate surface area is 289 Å². The maximum atomic E-state index is 11.1. The number of aromatic hydroxyl groups is 1. The van der Waals surface area contributed by atoms with Crippen LogP contribution in [0.4, 0.5) is 22.7 Å². The van der Waals surface area contributed by atoms with E-state index in [-0.39, 0.29) is 98.3 Å². The summed E-state index contributed by atoms with van der Waals surface area (Å²) in [6.07, 6.45) is 0. The van der Waals surface area contributed by atoms with Crippen LogP contribution in [-0.4, -0.2) is 24.8 Å². The minimum absolute atomic E-state index is 0. The zero-order chi connectivity index (χ0) is 28.6. The summed E-state index contributed by atoms with van der Waals surface area (Å²) in [7, 11) is 1.41. The topological polar surface area (TPSA) is 170 Å². The van der Waals surface area contributed by atoms with Gasteiger partial charge in [-0.1, -0.05) is 35.4 Å². The zero-order valence-electron chi connectivity index (χ0n) is 23.5. The number of carbonyl (C=O) groups excluding carboxylic acids is 1. The second kappa shape index (κ2) is 16.9. The zero-order valence-corrected chi connectivity index (χ0v) is 28.3. The number of benzene rings is 4. The third-order valence-corrected chi connectivity index (χ3v) is 6.15. The van der Waals surface area contributed by atoms with E-state index in [1.807, 2.05) is 32.0 Å². The second-order valence-electron chi connectivity index (χ2n) is 8.40. The molecule has 15 heteroatoms. The Bertz CT molecular complexity index is 1600. The summed E-state index contributed by atoms with van der Waals surface area (Å²) in [5, 5.41) is 53.9. The molecule has 0 aromatic heterocycles. The van der Waals surface area contributed by atoms with Crippen LogP contribution in [0.5, 0.6) is 17.2 Å². The van der Waals surface area contributed by atoms with Gasteiger partial charge >= 0.3 is 59.1 Å². The van der Waals surface area contributed by atoms with Crippen molar-refractivity contribution in [2.45, 2.75) is 18.7 Å². The molecular weight excluding hydrogens is 586 g/mol. The first-order valence-electron chi connectivity index (χ1n) is 11.6. The molecule has 4 aromatic rings. The number of phenols is 1. The number of fused-ring (bicyclic) bond motifs is 1. The van der Waals surface area contributed by atoms with E-state index in [1.54, 1.807) is 30.3 Å². The quantitative estimate of drug-likeness (QED) is 0.0766. The van der Waals surface area contributed by atoms with Crippen molar-refractivity contribution in [2.75, 3.05) is 13.7 Å². The monoisotopic (exact) mass is 608 g/mol. The molecule has 1 N–H and O–H groups in total. The molecule has 0 saturated heterocycles. The predicted octanol–water partition coefficient (Wildman–Crippen LogP) is -0.631. The molecule has 0 atom stereocenters. The number of azo groups is 2. The Kier molecular flexibility index (Phi) is 14.4. The number of aliphatic carboxylic acids is 1. The van der Waals surface area contributed by atoms with Crippen LogP contribution in [0.3, 0.4) is 0 Å². The third kappa shape index (κ3) is 9.22. The van der Waals surface area contributed by atoms with E-state index in [4.69, 9.17) is 9.47 Å². The molecule has 0 unspecified atom stereocenters. The maximum absolute atomic E-state index is 11.1. The van der Waals surface area contributed by atoms with Gasteiger partial charge in [-0.2, -0.15) is 9.45 Å². The molecule has 4 aromatic carbocycles. The molecule has 12 nitrogen and oxygen atoms in total. The molecule has 206 valence electrons. The van der Waals surface area contributed by atoms with Gasteiger partial charge in [-0.05, 0) is 43.5 Å². The second-order valence-corrected chi connectivity index (χ2v) is 9.15. The number of ether oxygens (including phenoxy) is 2. The van der Waals surface area contributed by atoms with Crippen molar-refractivity contribution in [3.8, 4) is 17.2 Å². The smallest absolute Gasteiger partial charge is 0.691 e. The predicted molar refractivity (Wildman–Crippen MR) is 141 cm³/mol. The van der Waals surface area contributed by atoms with Gasteiger partial charge in [0.1, 0.15) is 35.2 Å². The minimum atomic E-state index is -1.46. The van der Waals surface area contributed by atoms with Crippen molar-refractivity contribution < 1.29 is 98.2 Å². The first-order valence-corrected chi connectivity index (χ1v) is 12.4. The number of nitrogens with zero attached hydrogens (tertiary/aromatic N) is 4. The molecular formula is C27H22N4Na2O8S. The van der Waals surface area contributed by atoms with Gasteiger partial charge in [-0.25, -0.2) is 0 Å². The van der Waals surface area contributed by atoms with Crippen molar-refractivity contribution in [3.05, 3.63) is 71.8 Å². The van der Waals surface area contributed by atoms with E-state index in [2.05, 4.69) is 29.8 Å². The number of carboxylic acid groups (broad SMARTS) is 1. The molecule has 0 saturated carbocycles. The van der Waals surface area contributed by atoms with E-state index in [1.165, 1.54) is 19.2 Å². The summed E-state index contributed by atoms with van der Waals surface area (Å²) in [5.41, 5.74) is 2.79. The summed E-state index contributed by atoms with van der Waals surface area (Å²) in [4.78, 5) is 11.3. The average molecular weight is 609 g/mol. The van der Waals surface area contributed by atoms with Crippen LogP contribution in [0.1, 0.15) is 11.1 Å². The number of phenolic OH excluding ortho intramolecular Hbond substituents is 1. The van der Waals surface area contributed by atoms with Crippen LogP contribution in [-0.2, 0) is 14.2 Å². The molecule has 0 heterocycles. The normalized spacial score (nSPS) is 11.0. The average Bonchev–Trinajstić information content (AvgIpc) is 2.94. The van der Waals surface area contributed by atoms with Gasteiger partial charge in [0.2, 0.25) is 0 Å². The van der Waals surface area contributed by atoms with Crippen LogP contribution in [0, 0.1) is 13.8 Å². The van der Waals surface area contributed by atoms with Crippen LogP contribution in [0.15, 0.2) is 86.0 Å². The number of rotatable bonds is 11. The van der Waals surface area contributed by atoms with Crippen molar-refractivity contribution in [1.82, 2.24) is 0 Å². The molecule has 0 amide bonds. The first-order chi connectivity index (χ1) is 19.3. The number of methoxy groups -OCH3 is 1. The van der Waals surface area contributed by atoms with Crippen molar-refractivity contribution in [2.24, 2.45) is 20.5 Å². The van der Waals surface area contributed by atoms with Crippen LogP contribution >= 0.6 is 12.0 Å². The summed E-state index contributed by atoms with van der Waals surface area (Å²) in [6.45, 7) is 3.03. The van der Waals surface area contributed by atoms with Crippen LogP contribution in [0.25, 0.3) is 10.8 Å². The molecule has 0 radical (unpaired) electrons. The Morgan fingerprint density at radius 2 is 1.52 bits per heavy atom. The Morgan fingerprint density at radius 3 is 2.19 bits per heavy atom.